The summed E-state index contributed by atoms with van der Waals surface area (Å²) in [5, 5.41) is 21.9. The van der Waals surface area contributed by atoms with E-state index < -0.39 is 0 Å². The molecule has 2 N–H and O–H groups in total. The van der Waals surface area contributed by atoms with Gasteiger partial charge < -0.3 is 10.4 Å². The first-order valence-electron chi connectivity index (χ1n) is 6.67. The van der Waals surface area contributed by atoms with Gasteiger partial charge in [0, 0.05) is 35.4 Å². The zero-order chi connectivity index (χ0) is 15.1. The molecule has 1 aromatic heterocycles. The van der Waals surface area contributed by atoms with Gasteiger partial charge in [0.05, 0.1) is 11.3 Å². The predicted molar refractivity (Wildman–Crippen MR) is 85.9 cm³/mol. The molecule has 21 heavy (non-hydrogen) atoms. The van der Waals surface area contributed by atoms with Crippen molar-refractivity contribution in [2.75, 3.05) is 18.5 Å². The fourth-order valence-electron chi connectivity index (χ4n) is 2.03. The lowest BCUT2D eigenvalue weighted by atomic mass is 10.0. The lowest BCUT2D eigenvalue weighted by Gasteiger charge is -2.16. The third kappa shape index (κ3) is 4.55. The van der Waals surface area contributed by atoms with Crippen molar-refractivity contribution in [2.45, 2.75) is 6.42 Å². The number of anilines is 1. The van der Waals surface area contributed by atoms with Crippen molar-refractivity contribution in [1.82, 2.24) is 4.98 Å². The molecule has 0 spiro atoms. The van der Waals surface area contributed by atoms with Crippen molar-refractivity contribution in [3.05, 3.63) is 58.3 Å². The SMILES string of the molecule is N#Cc1cc(Br)ccc1NCC(CO)Cc1ccccn1. The van der Waals surface area contributed by atoms with Gasteiger partial charge in [0.25, 0.3) is 0 Å². The van der Waals surface area contributed by atoms with Crippen molar-refractivity contribution in [3.63, 3.8) is 0 Å². The zero-order valence-electron chi connectivity index (χ0n) is 11.5. The maximum atomic E-state index is 9.50. The van der Waals surface area contributed by atoms with E-state index in [1.807, 2.05) is 30.3 Å². The quantitative estimate of drug-likeness (QED) is 0.844. The summed E-state index contributed by atoms with van der Waals surface area (Å²) in [7, 11) is 0. The van der Waals surface area contributed by atoms with Gasteiger partial charge >= 0.3 is 0 Å². The highest BCUT2D eigenvalue weighted by atomic mass is 79.9. The maximum Gasteiger partial charge on any atom is 0.101 e. The highest BCUT2D eigenvalue weighted by molar-refractivity contribution is 9.10. The molecule has 5 heteroatoms. The topological polar surface area (TPSA) is 68.9 Å². The van der Waals surface area contributed by atoms with Crippen LogP contribution < -0.4 is 5.32 Å². The van der Waals surface area contributed by atoms with Gasteiger partial charge in [-0.05, 0) is 36.8 Å². The molecule has 108 valence electrons. The van der Waals surface area contributed by atoms with Gasteiger partial charge in [-0.3, -0.25) is 4.98 Å². The molecular weight excluding hydrogens is 330 g/mol. The number of hydrogen-bond acceptors (Lipinski definition) is 4. The first-order chi connectivity index (χ1) is 10.2. The van der Waals surface area contributed by atoms with Crippen LogP contribution in [0.3, 0.4) is 0 Å². The monoisotopic (exact) mass is 345 g/mol. The summed E-state index contributed by atoms with van der Waals surface area (Å²) in [6.07, 6.45) is 2.45. The summed E-state index contributed by atoms with van der Waals surface area (Å²) in [6, 6.07) is 13.4. The van der Waals surface area contributed by atoms with E-state index in [1.165, 1.54) is 0 Å². The molecule has 0 bridgehead atoms. The Morgan fingerprint density at radius 2 is 2.19 bits per heavy atom. The number of pyridine rings is 1. The molecule has 1 atom stereocenters. The summed E-state index contributed by atoms with van der Waals surface area (Å²) in [6.45, 7) is 0.658. The second-order valence-corrected chi connectivity index (χ2v) is 5.67. The number of aliphatic hydroxyl groups is 1. The van der Waals surface area contributed by atoms with Gasteiger partial charge in [-0.1, -0.05) is 22.0 Å². The third-order valence-corrected chi connectivity index (χ3v) is 3.66. The fourth-order valence-corrected chi connectivity index (χ4v) is 2.39. The lowest BCUT2D eigenvalue weighted by molar-refractivity contribution is 0.232. The summed E-state index contributed by atoms with van der Waals surface area (Å²) < 4.78 is 0.872. The first kappa shape index (κ1) is 15.5. The molecule has 0 saturated heterocycles. The molecule has 0 saturated carbocycles. The van der Waals surface area contributed by atoms with E-state index >= 15 is 0 Å². The number of aromatic nitrogens is 1. The van der Waals surface area contributed by atoms with Crippen LogP contribution in [0.5, 0.6) is 0 Å². The van der Waals surface area contributed by atoms with Gasteiger partial charge in [0.1, 0.15) is 6.07 Å². The van der Waals surface area contributed by atoms with E-state index in [0.29, 0.717) is 18.5 Å². The number of aliphatic hydroxyl groups excluding tert-OH is 1. The Bertz CT molecular complexity index is 625. The molecule has 0 amide bonds. The lowest BCUT2D eigenvalue weighted by Crippen LogP contribution is -2.21. The van der Waals surface area contributed by atoms with Crippen LogP contribution in [0.15, 0.2) is 47.1 Å². The van der Waals surface area contributed by atoms with E-state index in [9.17, 15) is 5.11 Å². The Hall–Kier alpha value is -1.90. The molecule has 1 heterocycles. The standard InChI is InChI=1S/C16H16BrN3O/c17-14-4-5-16(13(8-14)9-18)20-10-12(11-21)7-15-3-1-2-6-19-15/h1-6,8,12,20-21H,7,10-11H2. The Morgan fingerprint density at radius 1 is 1.33 bits per heavy atom. The third-order valence-electron chi connectivity index (χ3n) is 3.17. The van der Waals surface area contributed by atoms with Crippen LogP contribution in [0.25, 0.3) is 0 Å². The summed E-state index contributed by atoms with van der Waals surface area (Å²) in [4.78, 5) is 4.27. The summed E-state index contributed by atoms with van der Waals surface area (Å²) >= 11 is 3.35. The average Bonchev–Trinajstić information content (AvgIpc) is 2.53. The van der Waals surface area contributed by atoms with Crippen LogP contribution >= 0.6 is 15.9 Å². The van der Waals surface area contributed by atoms with E-state index in [-0.39, 0.29) is 12.5 Å². The fraction of sp³-hybridized carbons (Fsp3) is 0.250. The van der Waals surface area contributed by atoms with Crippen molar-refractivity contribution in [1.29, 1.82) is 5.26 Å². The van der Waals surface area contributed by atoms with Crippen LogP contribution in [0.4, 0.5) is 5.69 Å². The number of halogens is 1. The Morgan fingerprint density at radius 3 is 2.86 bits per heavy atom. The molecule has 2 aromatic rings. The summed E-state index contributed by atoms with van der Waals surface area (Å²) in [5.74, 6) is 0.0510. The van der Waals surface area contributed by atoms with Crippen molar-refractivity contribution >= 4 is 21.6 Å². The van der Waals surface area contributed by atoms with E-state index in [4.69, 9.17) is 5.26 Å². The van der Waals surface area contributed by atoms with Crippen molar-refractivity contribution < 1.29 is 5.11 Å². The minimum Gasteiger partial charge on any atom is -0.396 e. The maximum absolute atomic E-state index is 9.50. The van der Waals surface area contributed by atoms with Gasteiger partial charge in [0.15, 0.2) is 0 Å². The molecule has 4 nitrogen and oxygen atoms in total. The molecule has 1 aromatic carbocycles. The molecule has 1 unspecified atom stereocenters. The number of nitrogens with zero attached hydrogens (tertiary/aromatic N) is 2. The minimum atomic E-state index is 0.0510. The molecular formula is C16H16BrN3O. The predicted octanol–water partition coefficient (Wildman–Crippen LogP) is 2.98. The van der Waals surface area contributed by atoms with Gasteiger partial charge in [0.2, 0.25) is 0 Å². The van der Waals surface area contributed by atoms with E-state index in [1.54, 1.807) is 12.3 Å². The molecule has 0 fully saturated rings. The van der Waals surface area contributed by atoms with Crippen LogP contribution in [0, 0.1) is 17.2 Å². The van der Waals surface area contributed by atoms with E-state index in [0.717, 1.165) is 15.9 Å². The van der Waals surface area contributed by atoms with Crippen LogP contribution in [0.1, 0.15) is 11.3 Å². The smallest absolute Gasteiger partial charge is 0.101 e. The van der Waals surface area contributed by atoms with Crippen molar-refractivity contribution in [3.8, 4) is 6.07 Å². The zero-order valence-corrected chi connectivity index (χ0v) is 13.0. The first-order valence-corrected chi connectivity index (χ1v) is 7.46. The largest absolute Gasteiger partial charge is 0.396 e. The number of rotatable bonds is 6. The molecule has 0 aliphatic rings. The Labute approximate surface area is 132 Å². The van der Waals surface area contributed by atoms with Crippen LogP contribution in [-0.2, 0) is 6.42 Å². The van der Waals surface area contributed by atoms with Crippen LogP contribution in [0.2, 0.25) is 0 Å². The minimum absolute atomic E-state index is 0.0510. The van der Waals surface area contributed by atoms with Gasteiger partial charge in [-0.2, -0.15) is 5.26 Å². The second-order valence-electron chi connectivity index (χ2n) is 4.76. The molecule has 0 aliphatic carbocycles. The van der Waals surface area contributed by atoms with Crippen LogP contribution in [-0.4, -0.2) is 23.2 Å². The molecule has 0 radical (unpaired) electrons. The number of benzene rings is 1. The Kier molecular flexibility index (Phi) is 5.73. The number of nitriles is 1. The number of hydrogen-bond donors (Lipinski definition) is 2. The molecule has 2 rings (SSSR count). The second kappa shape index (κ2) is 7.77. The van der Waals surface area contributed by atoms with Crippen molar-refractivity contribution in [2.24, 2.45) is 5.92 Å². The summed E-state index contributed by atoms with van der Waals surface area (Å²) in [5.41, 5.74) is 2.31. The van der Waals surface area contributed by atoms with Gasteiger partial charge in [-0.25, -0.2) is 0 Å². The average molecular weight is 346 g/mol. The highest BCUT2D eigenvalue weighted by Gasteiger charge is 2.10. The van der Waals surface area contributed by atoms with Gasteiger partial charge in [-0.15, -0.1) is 0 Å². The highest BCUT2D eigenvalue weighted by Crippen LogP contribution is 2.20. The number of nitrogens with one attached hydrogen (secondary N) is 1. The normalized spacial score (nSPS) is 11.7. The molecule has 0 aliphatic heterocycles. The van der Waals surface area contributed by atoms with E-state index in [2.05, 4.69) is 32.3 Å². The Balaban J connectivity index is 1.99.